The molecule has 0 aliphatic carbocycles. The van der Waals surface area contributed by atoms with Gasteiger partial charge in [-0.2, -0.15) is 0 Å². The molecule has 1 amide bonds. The Morgan fingerprint density at radius 1 is 1.14 bits per heavy atom. The van der Waals surface area contributed by atoms with Gasteiger partial charge in [-0.05, 0) is 36.6 Å². The van der Waals surface area contributed by atoms with Gasteiger partial charge in [0.15, 0.2) is 0 Å². The van der Waals surface area contributed by atoms with Crippen molar-refractivity contribution in [3.63, 3.8) is 0 Å². The summed E-state index contributed by atoms with van der Waals surface area (Å²) in [5, 5.41) is 3.39. The van der Waals surface area contributed by atoms with Gasteiger partial charge < -0.3 is 11.1 Å². The van der Waals surface area contributed by atoms with E-state index in [-0.39, 0.29) is 11.9 Å². The number of halogens is 1. The molecule has 0 saturated carbocycles. The van der Waals surface area contributed by atoms with Crippen molar-refractivity contribution in [2.24, 2.45) is 5.73 Å². The van der Waals surface area contributed by atoms with Gasteiger partial charge >= 0.3 is 0 Å². The fraction of sp³-hybridized carbons (Fsp3) is 0.235. The van der Waals surface area contributed by atoms with E-state index in [1.807, 2.05) is 56.3 Å². The quantitative estimate of drug-likeness (QED) is 0.890. The first-order valence-electron chi connectivity index (χ1n) is 6.87. The molecule has 0 radical (unpaired) electrons. The molecular formula is C17H17ClN2O. The van der Waals surface area contributed by atoms with Crippen LogP contribution < -0.4 is 11.1 Å². The van der Waals surface area contributed by atoms with Crippen LogP contribution >= 0.6 is 11.6 Å². The standard InChI is InChI=1S/C17H17ClN2O/c1-17(2)12-8-11(9-13(18)15(12)20-16(17)21)14(19)10-6-4-3-5-7-10/h3-9,14H,19H2,1-2H3,(H,20,21). The van der Waals surface area contributed by atoms with Gasteiger partial charge in [0, 0.05) is 0 Å². The monoisotopic (exact) mass is 300 g/mol. The van der Waals surface area contributed by atoms with Gasteiger partial charge in [0.25, 0.3) is 0 Å². The normalized spacial score (nSPS) is 17.2. The molecule has 2 aromatic rings. The van der Waals surface area contributed by atoms with E-state index in [1.165, 1.54) is 0 Å². The van der Waals surface area contributed by atoms with Crippen LogP contribution in [0, 0.1) is 0 Å². The zero-order valence-corrected chi connectivity index (χ0v) is 12.7. The lowest BCUT2D eigenvalue weighted by molar-refractivity contribution is -0.119. The highest BCUT2D eigenvalue weighted by Gasteiger charge is 2.40. The maximum atomic E-state index is 12.1. The van der Waals surface area contributed by atoms with Crippen molar-refractivity contribution < 1.29 is 4.79 Å². The van der Waals surface area contributed by atoms with E-state index in [2.05, 4.69) is 5.32 Å². The summed E-state index contributed by atoms with van der Waals surface area (Å²) < 4.78 is 0. The molecule has 3 nitrogen and oxygen atoms in total. The summed E-state index contributed by atoms with van der Waals surface area (Å²) in [7, 11) is 0. The number of nitrogens with one attached hydrogen (secondary N) is 1. The van der Waals surface area contributed by atoms with Crippen LogP contribution in [0.4, 0.5) is 5.69 Å². The molecule has 1 atom stereocenters. The van der Waals surface area contributed by atoms with E-state index < -0.39 is 5.41 Å². The van der Waals surface area contributed by atoms with Crippen molar-refractivity contribution in [3.05, 3.63) is 64.2 Å². The van der Waals surface area contributed by atoms with Gasteiger partial charge in [0.2, 0.25) is 5.91 Å². The molecule has 4 heteroatoms. The van der Waals surface area contributed by atoms with Gasteiger partial charge in [-0.1, -0.05) is 48.0 Å². The van der Waals surface area contributed by atoms with Crippen LogP contribution in [0.5, 0.6) is 0 Å². The van der Waals surface area contributed by atoms with Crippen LogP contribution in [-0.4, -0.2) is 5.91 Å². The molecule has 3 rings (SSSR count). The first-order chi connectivity index (χ1) is 9.91. The second-order valence-corrected chi connectivity index (χ2v) is 6.30. The predicted octanol–water partition coefficient (Wildman–Crippen LogP) is 3.62. The number of anilines is 1. The maximum Gasteiger partial charge on any atom is 0.234 e. The molecule has 1 unspecified atom stereocenters. The number of rotatable bonds is 2. The van der Waals surface area contributed by atoms with Crippen molar-refractivity contribution >= 4 is 23.2 Å². The summed E-state index contributed by atoms with van der Waals surface area (Å²) in [6, 6.07) is 13.4. The van der Waals surface area contributed by atoms with Crippen molar-refractivity contribution in [1.29, 1.82) is 0 Å². The molecule has 0 bridgehead atoms. The smallest absolute Gasteiger partial charge is 0.234 e. The highest BCUT2D eigenvalue weighted by molar-refractivity contribution is 6.35. The number of carbonyl (C=O) groups excluding carboxylic acids is 1. The Bertz CT molecular complexity index is 710. The minimum absolute atomic E-state index is 0.0372. The maximum absolute atomic E-state index is 12.1. The van der Waals surface area contributed by atoms with Crippen LogP contribution in [0.3, 0.4) is 0 Å². The molecule has 3 N–H and O–H groups in total. The largest absolute Gasteiger partial charge is 0.324 e. The Hall–Kier alpha value is -1.84. The van der Waals surface area contributed by atoms with Crippen LogP contribution in [-0.2, 0) is 10.2 Å². The average Bonchev–Trinajstić information content (AvgIpc) is 2.71. The van der Waals surface area contributed by atoms with Crippen LogP contribution in [0.1, 0.15) is 36.6 Å². The Kier molecular flexibility index (Phi) is 3.27. The zero-order valence-electron chi connectivity index (χ0n) is 12.0. The molecular weight excluding hydrogens is 284 g/mol. The summed E-state index contributed by atoms with van der Waals surface area (Å²) >= 11 is 6.33. The predicted molar refractivity (Wildman–Crippen MR) is 85.6 cm³/mol. The molecule has 1 aliphatic heterocycles. The topological polar surface area (TPSA) is 55.1 Å². The van der Waals surface area contributed by atoms with E-state index >= 15 is 0 Å². The second kappa shape index (κ2) is 4.86. The summed E-state index contributed by atoms with van der Waals surface area (Å²) in [6.45, 7) is 3.78. The van der Waals surface area contributed by atoms with E-state index in [0.29, 0.717) is 10.7 Å². The van der Waals surface area contributed by atoms with E-state index in [9.17, 15) is 4.79 Å². The molecule has 0 spiro atoms. The van der Waals surface area contributed by atoms with Gasteiger partial charge in [-0.3, -0.25) is 4.79 Å². The first kappa shape index (κ1) is 14.1. The third-order valence-corrected chi connectivity index (χ3v) is 4.41. The van der Waals surface area contributed by atoms with Gasteiger partial charge in [-0.15, -0.1) is 0 Å². The molecule has 0 aromatic heterocycles. The van der Waals surface area contributed by atoms with Gasteiger partial charge in [0.05, 0.1) is 22.2 Å². The Balaban J connectivity index is 2.10. The average molecular weight is 301 g/mol. The SMILES string of the molecule is CC1(C)C(=O)Nc2c(Cl)cc(C(N)c3ccccc3)cc21. The summed E-state index contributed by atoms with van der Waals surface area (Å²) in [4.78, 5) is 12.1. The third-order valence-electron chi connectivity index (χ3n) is 4.11. The molecule has 0 saturated heterocycles. The lowest BCUT2D eigenvalue weighted by Gasteiger charge is -2.19. The molecule has 0 fully saturated rings. The summed E-state index contributed by atoms with van der Waals surface area (Å²) in [5.74, 6) is -0.0372. The number of nitrogens with two attached hydrogens (primary N) is 1. The Morgan fingerprint density at radius 2 is 1.81 bits per heavy atom. The third kappa shape index (κ3) is 2.23. The highest BCUT2D eigenvalue weighted by atomic mass is 35.5. The lowest BCUT2D eigenvalue weighted by Crippen LogP contribution is -2.27. The van der Waals surface area contributed by atoms with Crippen molar-refractivity contribution in [1.82, 2.24) is 0 Å². The minimum atomic E-state index is -0.592. The molecule has 108 valence electrons. The minimum Gasteiger partial charge on any atom is -0.324 e. The van der Waals surface area contributed by atoms with Gasteiger partial charge in [0.1, 0.15) is 0 Å². The first-order valence-corrected chi connectivity index (χ1v) is 7.25. The van der Waals surface area contributed by atoms with Crippen molar-refractivity contribution in [2.45, 2.75) is 25.3 Å². The van der Waals surface area contributed by atoms with Crippen LogP contribution in [0.2, 0.25) is 5.02 Å². The van der Waals surface area contributed by atoms with E-state index in [1.54, 1.807) is 0 Å². The van der Waals surface area contributed by atoms with E-state index in [4.69, 9.17) is 17.3 Å². The number of fused-ring (bicyclic) bond motifs is 1. The van der Waals surface area contributed by atoms with Gasteiger partial charge in [-0.25, -0.2) is 0 Å². The number of carbonyl (C=O) groups is 1. The lowest BCUT2D eigenvalue weighted by atomic mass is 9.84. The molecule has 1 aliphatic rings. The molecule has 21 heavy (non-hydrogen) atoms. The summed E-state index contributed by atoms with van der Waals surface area (Å²) in [6.07, 6.45) is 0. The number of hydrogen-bond acceptors (Lipinski definition) is 2. The van der Waals surface area contributed by atoms with Crippen LogP contribution in [0.25, 0.3) is 0 Å². The van der Waals surface area contributed by atoms with Crippen LogP contribution in [0.15, 0.2) is 42.5 Å². The molecule has 2 aromatic carbocycles. The van der Waals surface area contributed by atoms with Crippen molar-refractivity contribution in [2.75, 3.05) is 5.32 Å². The zero-order chi connectivity index (χ0) is 15.2. The second-order valence-electron chi connectivity index (χ2n) is 5.89. The fourth-order valence-electron chi connectivity index (χ4n) is 2.67. The van der Waals surface area contributed by atoms with E-state index in [0.717, 1.165) is 16.7 Å². The number of benzene rings is 2. The Morgan fingerprint density at radius 3 is 2.48 bits per heavy atom. The Labute approximate surface area is 129 Å². The summed E-state index contributed by atoms with van der Waals surface area (Å²) in [5.41, 5.74) is 9.28. The number of hydrogen-bond donors (Lipinski definition) is 2. The molecule has 1 heterocycles. The highest BCUT2D eigenvalue weighted by Crippen LogP contribution is 2.43. The fourth-order valence-corrected chi connectivity index (χ4v) is 2.95. The number of amides is 1. The van der Waals surface area contributed by atoms with Crippen molar-refractivity contribution in [3.8, 4) is 0 Å².